The Labute approximate surface area is 110 Å². The molecule has 0 bridgehead atoms. The maximum absolute atomic E-state index is 4.73. The van der Waals surface area contributed by atoms with Crippen molar-refractivity contribution in [3.63, 3.8) is 0 Å². The lowest BCUT2D eigenvalue weighted by atomic mass is 10.3. The molecule has 0 amide bonds. The molecule has 3 heterocycles. The van der Waals surface area contributed by atoms with Gasteiger partial charge in [-0.25, -0.2) is 9.67 Å². The molecule has 0 fully saturated rings. The number of hydrogen-bond acceptors (Lipinski definition) is 4. The molecule has 2 aromatic heterocycles. The molecular formula is C13H14N6. The fourth-order valence-corrected chi connectivity index (χ4v) is 2.67. The molecule has 6 nitrogen and oxygen atoms in total. The summed E-state index contributed by atoms with van der Waals surface area (Å²) in [4.78, 5) is 7.01. The Bertz CT molecular complexity index is 741. The van der Waals surface area contributed by atoms with Crippen molar-refractivity contribution < 1.29 is 0 Å². The Hall–Kier alpha value is -2.37. The second-order valence-electron chi connectivity index (χ2n) is 4.83. The first-order chi connectivity index (χ1) is 9.33. The van der Waals surface area contributed by atoms with E-state index >= 15 is 0 Å². The number of imidazole rings is 1. The number of aromatic nitrogens is 5. The van der Waals surface area contributed by atoms with Crippen LogP contribution in [0.2, 0.25) is 0 Å². The zero-order chi connectivity index (χ0) is 12.8. The largest absolute Gasteiger partial charge is 0.334 e. The normalized spacial score (nSPS) is 14.9. The number of anilines is 1. The molecule has 0 radical (unpaired) electrons. The van der Waals surface area contributed by atoms with Gasteiger partial charge in [-0.3, -0.25) is 0 Å². The molecule has 0 saturated carbocycles. The fraction of sp³-hybridized carbons (Fsp3) is 0.308. The summed E-state index contributed by atoms with van der Waals surface area (Å²) >= 11 is 0. The topological polar surface area (TPSA) is 51.8 Å². The van der Waals surface area contributed by atoms with Crippen molar-refractivity contribution in [1.82, 2.24) is 24.5 Å². The average molecular weight is 254 g/mol. The summed E-state index contributed by atoms with van der Waals surface area (Å²) in [5, 5.41) is 8.02. The first-order valence-electron chi connectivity index (χ1n) is 6.37. The molecule has 1 aliphatic rings. The Morgan fingerprint density at radius 2 is 2.05 bits per heavy atom. The molecule has 0 N–H and O–H groups in total. The smallest absolute Gasteiger partial charge is 0.206 e. The summed E-state index contributed by atoms with van der Waals surface area (Å²) in [6.45, 7) is 2.58. The Morgan fingerprint density at radius 1 is 1.16 bits per heavy atom. The number of aryl methyl sites for hydroxylation is 1. The molecule has 19 heavy (non-hydrogen) atoms. The van der Waals surface area contributed by atoms with Crippen LogP contribution in [0, 0.1) is 0 Å². The molecule has 0 aliphatic carbocycles. The van der Waals surface area contributed by atoms with Gasteiger partial charge in [-0.2, -0.15) is 0 Å². The third-order valence-electron chi connectivity index (χ3n) is 3.68. The van der Waals surface area contributed by atoms with Gasteiger partial charge in [-0.05, 0) is 12.1 Å². The number of para-hydroxylation sites is 2. The lowest BCUT2D eigenvalue weighted by molar-refractivity contribution is 0.500. The summed E-state index contributed by atoms with van der Waals surface area (Å²) in [6, 6.07) is 8.22. The molecule has 0 spiro atoms. The van der Waals surface area contributed by atoms with E-state index in [2.05, 4.69) is 39.0 Å². The molecule has 0 saturated heterocycles. The monoisotopic (exact) mass is 254 g/mol. The van der Waals surface area contributed by atoms with Crippen molar-refractivity contribution in [1.29, 1.82) is 0 Å². The van der Waals surface area contributed by atoms with E-state index in [1.807, 2.05) is 23.0 Å². The molecule has 1 aliphatic heterocycles. The number of nitrogens with zero attached hydrogens (tertiary/aromatic N) is 6. The number of fused-ring (bicyclic) bond motifs is 2. The van der Waals surface area contributed by atoms with Crippen LogP contribution in [0.15, 0.2) is 30.5 Å². The summed E-state index contributed by atoms with van der Waals surface area (Å²) in [5.41, 5.74) is 3.34. The minimum absolute atomic E-state index is 0.810. The molecular weight excluding hydrogens is 240 g/mol. The van der Waals surface area contributed by atoms with E-state index in [-0.39, 0.29) is 0 Å². The highest BCUT2D eigenvalue weighted by Gasteiger charge is 2.21. The Balaban J connectivity index is 1.77. The summed E-state index contributed by atoms with van der Waals surface area (Å²) in [6.07, 6.45) is 1.83. The van der Waals surface area contributed by atoms with Gasteiger partial charge in [0.15, 0.2) is 0 Å². The average Bonchev–Trinajstić information content (AvgIpc) is 3.03. The van der Waals surface area contributed by atoms with Crippen molar-refractivity contribution in [2.24, 2.45) is 7.05 Å². The molecule has 0 unspecified atom stereocenters. The van der Waals surface area contributed by atoms with Crippen molar-refractivity contribution >= 4 is 17.0 Å². The second-order valence-corrected chi connectivity index (χ2v) is 4.83. The lowest BCUT2D eigenvalue weighted by Gasteiger charge is -2.27. The van der Waals surface area contributed by atoms with E-state index in [4.69, 9.17) is 4.98 Å². The maximum Gasteiger partial charge on any atom is 0.206 e. The molecule has 96 valence electrons. The predicted molar refractivity (Wildman–Crippen MR) is 71.8 cm³/mol. The van der Waals surface area contributed by atoms with Gasteiger partial charge < -0.3 is 9.47 Å². The first kappa shape index (κ1) is 10.5. The number of rotatable bonds is 1. The van der Waals surface area contributed by atoms with E-state index in [1.54, 1.807) is 0 Å². The minimum Gasteiger partial charge on any atom is -0.334 e. The lowest BCUT2D eigenvalue weighted by Crippen LogP contribution is -2.35. The van der Waals surface area contributed by atoms with Crippen LogP contribution in [-0.4, -0.2) is 31.1 Å². The maximum atomic E-state index is 4.73. The van der Waals surface area contributed by atoms with Crippen LogP contribution in [-0.2, 0) is 20.1 Å². The standard InChI is InChI=1S/C13H14N6/c1-17-12-5-3-2-4-11(12)15-13(17)18-6-7-19-10(9-18)8-14-16-19/h2-5,8H,6-7,9H2,1H3. The molecule has 0 atom stereocenters. The van der Waals surface area contributed by atoms with Crippen LogP contribution in [0.1, 0.15) is 5.69 Å². The first-order valence-corrected chi connectivity index (χ1v) is 6.37. The fourth-order valence-electron chi connectivity index (χ4n) is 2.67. The number of benzene rings is 1. The molecule has 3 aromatic rings. The van der Waals surface area contributed by atoms with E-state index in [0.717, 1.165) is 42.3 Å². The van der Waals surface area contributed by atoms with E-state index in [9.17, 15) is 0 Å². The summed E-state index contributed by atoms with van der Waals surface area (Å²) in [7, 11) is 2.06. The minimum atomic E-state index is 0.810. The zero-order valence-corrected chi connectivity index (χ0v) is 10.7. The van der Waals surface area contributed by atoms with E-state index in [0.29, 0.717) is 0 Å². The highest BCUT2D eigenvalue weighted by molar-refractivity contribution is 5.78. The molecule has 1 aromatic carbocycles. The molecule has 6 heteroatoms. The SMILES string of the molecule is Cn1c(N2CCn3nncc3C2)nc2ccccc21. The van der Waals surface area contributed by atoms with Gasteiger partial charge in [0, 0.05) is 13.6 Å². The van der Waals surface area contributed by atoms with Gasteiger partial charge in [-0.15, -0.1) is 5.10 Å². The van der Waals surface area contributed by atoms with Crippen molar-refractivity contribution in [3.8, 4) is 0 Å². The van der Waals surface area contributed by atoms with Crippen molar-refractivity contribution in [2.75, 3.05) is 11.4 Å². The van der Waals surface area contributed by atoms with Crippen LogP contribution in [0.25, 0.3) is 11.0 Å². The second kappa shape index (κ2) is 3.81. The zero-order valence-electron chi connectivity index (χ0n) is 10.7. The van der Waals surface area contributed by atoms with Crippen LogP contribution in [0.3, 0.4) is 0 Å². The van der Waals surface area contributed by atoms with Gasteiger partial charge in [0.25, 0.3) is 0 Å². The Kier molecular flexibility index (Phi) is 2.11. The third-order valence-corrected chi connectivity index (χ3v) is 3.68. The van der Waals surface area contributed by atoms with Crippen LogP contribution < -0.4 is 4.90 Å². The van der Waals surface area contributed by atoms with Crippen LogP contribution in [0.5, 0.6) is 0 Å². The summed E-state index contributed by atoms with van der Waals surface area (Å²) in [5.74, 6) is 1.01. The van der Waals surface area contributed by atoms with Gasteiger partial charge >= 0.3 is 0 Å². The third kappa shape index (κ3) is 1.53. The van der Waals surface area contributed by atoms with Crippen LogP contribution >= 0.6 is 0 Å². The highest BCUT2D eigenvalue weighted by atomic mass is 15.5. The van der Waals surface area contributed by atoms with Crippen molar-refractivity contribution in [2.45, 2.75) is 13.1 Å². The van der Waals surface area contributed by atoms with E-state index in [1.165, 1.54) is 0 Å². The Morgan fingerprint density at radius 3 is 2.95 bits per heavy atom. The predicted octanol–water partition coefficient (Wildman–Crippen LogP) is 1.18. The highest BCUT2D eigenvalue weighted by Crippen LogP contribution is 2.23. The van der Waals surface area contributed by atoms with Gasteiger partial charge in [0.1, 0.15) is 0 Å². The van der Waals surface area contributed by atoms with Crippen LogP contribution in [0.4, 0.5) is 5.95 Å². The molecule has 4 rings (SSSR count). The van der Waals surface area contributed by atoms with Gasteiger partial charge in [-0.1, -0.05) is 17.3 Å². The number of hydrogen-bond donors (Lipinski definition) is 0. The van der Waals surface area contributed by atoms with E-state index < -0.39 is 0 Å². The quantitative estimate of drug-likeness (QED) is 0.654. The van der Waals surface area contributed by atoms with Gasteiger partial charge in [0.05, 0.1) is 36.0 Å². The summed E-state index contributed by atoms with van der Waals surface area (Å²) < 4.78 is 4.11. The van der Waals surface area contributed by atoms with Crippen molar-refractivity contribution in [3.05, 3.63) is 36.2 Å². The van der Waals surface area contributed by atoms with Gasteiger partial charge in [0.2, 0.25) is 5.95 Å².